The minimum atomic E-state index is -0.565. The number of ether oxygens (including phenoxy) is 2. The standard InChI is InChI=1S/C20H27BFNO4/c1-13(22)11-15(18(23-6)25-8)14-9-10-16(17(12-14)24-7)21-26-19(2,3)20(4,5)27-21/h9-12H,6H2,1-5,7-8H3/b13-11+,18-15-. The first kappa shape index (κ1) is 21.2. The van der Waals surface area contributed by atoms with Crippen molar-refractivity contribution in [3.8, 4) is 5.75 Å². The highest BCUT2D eigenvalue weighted by atomic mass is 19.1. The first-order chi connectivity index (χ1) is 12.6. The van der Waals surface area contributed by atoms with Crippen molar-refractivity contribution in [2.24, 2.45) is 4.99 Å². The Bertz CT molecular complexity index is 766. The number of hydrogen-bond acceptors (Lipinski definition) is 5. The molecule has 0 spiro atoms. The molecule has 1 saturated heterocycles. The third-order valence-corrected chi connectivity index (χ3v) is 4.96. The van der Waals surface area contributed by atoms with Crippen molar-refractivity contribution in [2.75, 3.05) is 14.2 Å². The summed E-state index contributed by atoms with van der Waals surface area (Å²) in [6.45, 7) is 12.8. The Kier molecular flexibility index (Phi) is 6.17. The number of methoxy groups -OCH3 is 2. The van der Waals surface area contributed by atoms with E-state index in [4.69, 9.17) is 18.8 Å². The fraction of sp³-hybridized carbons (Fsp3) is 0.450. The number of rotatable bonds is 6. The molecule has 0 bridgehead atoms. The van der Waals surface area contributed by atoms with E-state index >= 15 is 0 Å². The van der Waals surface area contributed by atoms with E-state index < -0.39 is 18.3 Å². The van der Waals surface area contributed by atoms with E-state index in [0.717, 1.165) is 5.46 Å². The zero-order chi connectivity index (χ0) is 20.4. The van der Waals surface area contributed by atoms with Crippen LogP contribution in [0.3, 0.4) is 0 Å². The molecule has 0 unspecified atom stereocenters. The summed E-state index contributed by atoms with van der Waals surface area (Å²) in [6.07, 6.45) is 1.34. The second-order valence-electron chi connectivity index (χ2n) is 7.36. The molecule has 2 rings (SSSR count). The first-order valence-corrected chi connectivity index (χ1v) is 8.69. The lowest BCUT2D eigenvalue weighted by molar-refractivity contribution is 0.00578. The topological polar surface area (TPSA) is 49.3 Å². The molecule has 1 aromatic carbocycles. The highest BCUT2D eigenvalue weighted by Crippen LogP contribution is 2.37. The Morgan fingerprint density at radius 2 is 1.78 bits per heavy atom. The van der Waals surface area contributed by atoms with E-state index in [-0.39, 0.29) is 11.7 Å². The van der Waals surface area contributed by atoms with Gasteiger partial charge in [0.05, 0.1) is 31.2 Å². The maximum atomic E-state index is 13.6. The summed E-state index contributed by atoms with van der Waals surface area (Å²) in [7, 11) is 2.46. The van der Waals surface area contributed by atoms with Crippen LogP contribution in [0.25, 0.3) is 5.57 Å². The molecule has 5 nitrogen and oxygen atoms in total. The zero-order valence-electron chi connectivity index (χ0n) is 17.1. The molecule has 0 N–H and O–H groups in total. The maximum Gasteiger partial charge on any atom is 0.498 e. The average Bonchev–Trinajstić information content (AvgIpc) is 2.81. The lowest BCUT2D eigenvalue weighted by Crippen LogP contribution is -2.41. The average molecular weight is 375 g/mol. The van der Waals surface area contributed by atoms with Crippen LogP contribution in [0.2, 0.25) is 0 Å². The molecule has 1 fully saturated rings. The molecule has 146 valence electrons. The number of nitrogens with zero attached hydrogens (tertiary/aromatic N) is 1. The van der Waals surface area contributed by atoms with E-state index in [0.29, 0.717) is 16.9 Å². The number of halogens is 1. The van der Waals surface area contributed by atoms with Crippen LogP contribution < -0.4 is 10.2 Å². The molecule has 1 heterocycles. The monoisotopic (exact) mass is 375 g/mol. The van der Waals surface area contributed by atoms with Gasteiger partial charge >= 0.3 is 7.12 Å². The lowest BCUT2D eigenvalue weighted by Gasteiger charge is -2.32. The van der Waals surface area contributed by atoms with Gasteiger partial charge in [0.25, 0.3) is 0 Å². The molecule has 0 atom stereocenters. The molecule has 0 aromatic heterocycles. The third kappa shape index (κ3) is 4.25. The molecule has 27 heavy (non-hydrogen) atoms. The number of hydrogen-bond donors (Lipinski definition) is 0. The van der Waals surface area contributed by atoms with Crippen molar-refractivity contribution < 1.29 is 23.2 Å². The van der Waals surface area contributed by atoms with Gasteiger partial charge in [-0.3, -0.25) is 0 Å². The second kappa shape index (κ2) is 7.86. The first-order valence-electron chi connectivity index (χ1n) is 8.69. The third-order valence-electron chi connectivity index (χ3n) is 4.96. The van der Waals surface area contributed by atoms with Crippen molar-refractivity contribution in [2.45, 2.75) is 45.8 Å². The summed E-state index contributed by atoms with van der Waals surface area (Å²) >= 11 is 0. The van der Waals surface area contributed by atoms with Crippen LogP contribution in [0, 0.1) is 0 Å². The van der Waals surface area contributed by atoms with Crippen molar-refractivity contribution >= 4 is 24.9 Å². The van der Waals surface area contributed by atoms with Crippen LogP contribution in [0.15, 0.2) is 41.0 Å². The predicted molar refractivity (Wildman–Crippen MR) is 107 cm³/mol. The Balaban J connectivity index is 2.52. The summed E-state index contributed by atoms with van der Waals surface area (Å²) in [4.78, 5) is 3.84. The smallest absolute Gasteiger partial charge is 0.497 e. The molecule has 0 radical (unpaired) electrons. The van der Waals surface area contributed by atoms with E-state index in [9.17, 15) is 4.39 Å². The molecule has 1 aromatic rings. The van der Waals surface area contributed by atoms with Crippen molar-refractivity contribution in [1.82, 2.24) is 0 Å². The molecule has 1 aliphatic rings. The van der Waals surface area contributed by atoms with Crippen LogP contribution in [0.4, 0.5) is 4.39 Å². The van der Waals surface area contributed by atoms with Crippen molar-refractivity contribution in [3.63, 3.8) is 0 Å². The van der Waals surface area contributed by atoms with Crippen molar-refractivity contribution in [3.05, 3.63) is 41.5 Å². The normalized spacial score (nSPS) is 19.6. The highest BCUT2D eigenvalue weighted by Gasteiger charge is 2.52. The van der Waals surface area contributed by atoms with Crippen LogP contribution in [0.5, 0.6) is 5.75 Å². The van der Waals surface area contributed by atoms with Gasteiger partial charge in [-0.1, -0.05) is 12.1 Å². The largest absolute Gasteiger partial charge is 0.498 e. The number of allylic oxidation sites excluding steroid dienone is 3. The molecule has 1 aliphatic heterocycles. The molecule has 0 amide bonds. The Labute approximate surface area is 161 Å². The van der Waals surface area contributed by atoms with Gasteiger partial charge in [-0.2, -0.15) is 0 Å². The Morgan fingerprint density at radius 3 is 2.22 bits per heavy atom. The van der Waals surface area contributed by atoms with Crippen LogP contribution in [0.1, 0.15) is 40.2 Å². The maximum absolute atomic E-state index is 13.6. The summed E-state index contributed by atoms with van der Waals surface area (Å²) in [5.74, 6) is 0.405. The fourth-order valence-corrected chi connectivity index (χ4v) is 2.77. The molecule has 0 aliphatic carbocycles. The van der Waals surface area contributed by atoms with Gasteiger partial charge in [-0.25, -0.2) is 9.38 Å². The molecule has 0 saturated carbocycles. The Morgan fingerprint density at radius 1 is 1.19 bits per heavy atom. The van der Waals surface area contributed by atoms with E-state index in [2.05, 4.69) is 11.7 Å². The van der Waals surface area contributed by atoms with Gasteiger partial charge in [0.2, 0.25) is 5.88 Å². The highest BCUT2D eigenvalue weighted by molar-refractivity contribution is 6.63. The van der Waals surface area contributed by atoms with Crippen LogP contribution in [-0.2, 0) is 14.0 Å². The lowest BCUT2D eigenvalue weighted by atomic mass is 9.77. The molecule has 7 heteroatoms. The minimum Gasteiger partial charge on any atom is -0.497 e. The van der Waals surface area contributed by atoms with Gasteiger partial charge in [0.1, 0.15) is 5.75 Å². The van der Waals surface area contributed by atoms with Gasteiger partial charge in [-0.05, 0) is 59.0 Å². The minimum absolute atomic E-state index is 0.220. The SMILES string of the molecule is C=N/C(OC)=C(\C=C(/C)F)c1ccc(B2OC(C)(C)C(C)(C)O2)c(OC)c1. The van der Waals surface area contributed by atoms with E-state index in [1.54, 1.807) is 13.2 Å². The summed E-state index contributed by atoms with van der Waals surface area (Å²) in [6, 6.07) is 5.44. The van der Waals surface area contributed by atoms with Crippen molar-refractivity contribution in [1.29, 1.82) is 0 Å². The van der Waals surface area contributed by atoms with Gasteiger partial charge in [-0.15, -0.1) is 0 Å². The summed E-state index contributed by atoms with van der Waals surface area (Å²) in [5.41, 5.74) is 0.970. The zero-order valence-corrected chi connectivity index (χ0v) is 17.1. The number of benzene rings is 1. The quantitative estimate of drug-likeness (QED) is 0.328. The van der Waals surface area contributed by atoms with Gasteiger partial charge < -0.3 is 18.8 Å². The van der Waals surface area contributed by atoms with E-state index in [1.165, 1.54) is 20.1 Å². The fourth-order valence-electron chi connectivity index (χ4n) is 2.77. The molecular formula is C20H27BFNO4. The van der Waals surface area contributed by atoms with E-state index in [1.807, 2.05) is 39.8 Å². The molecular weight excluding hydrogens is 348 g/mol. The number of aliphatic imine (C=N–C) groups is 1. The second-order valence-corrected chi connectivity index (χ2v) is 7.36. The van der Waals surface area contributed by atoms with Gasteiger partial charge in [0.15, 0.2) is 0 Å². The summed E-state index contributed by atoms with van der Waals surface area (Å²) < 4.78 is 36.6. The van der Waals surface area contributed by atoms with Crippen LogP contribution >= 0.6 is 0 Å². The van der Waals surface area contributed by atoms with Gasteiger partial charge in [0, 0.05) is 11.0 Å². The Hall–Kier alpha value is -2.12. The predicted octanol–water partition coefficient (Wildman–Crippen LogP) is 3.88. The van der Waals surface area contributed by atoms with Crippen LogP contribution in [-0.4, -0.2) is 39.3 Å². The summed E-state index contributed by atoms with van der Waals surface area (Å²) in [5, 5.41) is 0.